The summed E-state index contributed by atoms with van der Waals surface area (Å²) in [6.45, 7) is 8.50. The maximum atomic E-state index is 12.4. The van der Waals surface area contributed by atoms with Gasteiger partial charge in [-0.3, -0.25) is 9.69 Å². The Morgan fingerprint density at radius 1 is 1.11 bits per heavy atom. The van der Waals surface area contributed by atoms with Crippen molar-refractivity contribution in [2.45, 2.75) is 39.8 Å². The molecular weight excluding hydrogens is 290 g/mol. The summed E-state index contributed by atoms with van der Waals surface area (Å²) in [6, 6.07) is 7.86. The van der Waals surface area contributed by atoms with Crippen molar-refractivity contribution in [2.75, 3.05) is 7.05 Å². The van der Waals surface area contributed by atoms with Gasteiger partial charge in [0.2, 0.25) is 0 Å². The fourth-order valence-electron chi connectivity index (χ4n) is 1.86. The van der Waals surface area contributed by atoms with Crippen molar-refractivity contribution in [2.24, 2.45) is 5.92 Å². The van der Waals surface area contributed by atoms with Crippen LogP contribution in [0.5, 0.6) is 0 Å². The Morgan fingerprint density at radius 2 is 1.61 bits per heavy atom. The van der Waals surface area contributed by atoms with Crippen LogP contribution in [-0.4, -0.2) is 29.8 Å². The standard InChI is InChI=1S/C15H22BrNO/c1-10(2)11(3)17(5)12(4)15(18)13-6-8-14(16)9-7-13/h6-12H,1-5H3. The minimum absolute atomic E-state index is 0.0939. The summed E-state index contributed by atoms with van der Waals surface area (Å²) >= 11 is 3.38. The maximum absolute atomic E-state index is 12.4. The zero-order valence-corrected chi connectivity index (χ0v) is 13.4. The molecule has 0 bridgehead atoms. The molecule has 1 aromatic rings. The zero-order valence-electron chi connectivity index (χ0n) is 11.8. The number of Topliss-reactive ketones (excluding diaryl/α,β-unsaturated/α-hetero) is 1. The number of halogens is 1. The average Bonchev–Trinajstić information content (AvgIpc) is 2.36. The van der Waals surface area contributed by atoms with Crippen molar-refractivity contribution in [3.8, 4) is 0 Å². The molecule has 2 atom stereocenters. The van der Waals surface area contributed by atoms with Crippen molar-refractivity contribution in [1.29, 1.82) is 0 Å². The van der Waals surface area contributed by atoms with Crippen molar-refractivity contribution in [3.05, 3.63) is 34.3 Å². The number of rotatable bonds is 5. The Balaban J connectivity index is 2.80. The van der Waals surface area contributed by atoms with Crippen LogP contribution < -0.4 is 0 Å². The molecule has 0 fully saturated rings. The van der Waals surface area contributed by atoms with Gasteiger partial charge in [-0.1, -0.05) is 41.9 Å². The van der Waals surface area contributed by atoms with Gasteiger partial charge in [-0.05, 0) is 38.9 Å². The largest absolute Gasteiger partial charge is 0.294 e. The predicted molar refractivity (Wildman–Crippen MR) is 80.0 cm³/mol. The average molecular weight is 312 g/mol. The first kappa shape index (κ1) is 15.4. The van der Waals surface area contributed by atoms with E-state index in [4.69, 9.17) is 0 Å². The summed E-state index contributed by atoms with van der Waals surface area (Å²) in [5.41, 5.74) is 0.772. The van der Waals surface area contributed by atoms with Gasteiger partial charge in [0.1, 0.15) is 0 Å². The van der Waals surface area contributed by atoms with E-state index in [1.54, 1.807) is 0 Å². The number of ketones is 1. The van der Waals surface area contributed by atoms with Gasteiger partial charge < -0.3 is 0 Å². The van der Waals surface area contributed by atoms with Gasteiger partial charge >= 0.3 is 0 Å². The summed E-state index contributed by atoms with van der Waals surface area (Å²) in [5, 5.41) is 0. The van der Waals surface area contributed by atoms with E-state index in [-0.39, 0.29) is 11.8 Å². The fraction of sp³-hybridized carbons (Fsp3) is 0.533. The van der Waals surface area contributed by atoms with Crippen LogP contribution >= 0.6 is 15.9 Å². The smallest absolute Gasteiger partial charge is 0.179 e. The number of benzene rings is 1. The second-order valence-electron chi connectivity index (χ2n) is 5.20. The molecule has 18 heavy (non-hydrogen) atoms. The summed E-state index contributed by atoms with van der Waals surface area (Å²) in [7, 11) is 2.02. The van der Waals surface area contributed by atoms with E-state index < -0.39 is 0 Å². The van der Waals surface area contributed by atoms with Crippen molar-refractivity contribution >= 4 is 21.7 Å². The first-order valence-corrected chi connectivity index (χ1v) is 7.15. The maximum Gasteiger partial charge on any atom is 0.179 e. The van der Waals surface area contributed by atoms with Crippen LogP contribution in [0, 0.1) is 5.92 Å². The van der Waals surface area contributed by atoms with E-state index in [0.717, 1.165) is 10.0 Å². The first-order chi connectivity index (χ1) is 8.34. The van der Waals surface area contributed by atoms with Gasteiger partial charge in [0.25, 0.3) is 0 Å². The highest BCUT2D eigenvalue weighted by molar-refractivity contribution is 9.10. The van der Waals surface area contributed by atoms with Gasteiger partial charge in [-0.25, -0.2) is 0 Å². The third-order valence-electron chi connectivity index (χ3n) is 3.73. The quantitative estimate of drug-likeness (QED) is 0.766. The van der Waals surface area contributed by atoms with Gasteiger partial charge in [-0.2, -0.15) is 0 Å². The van der Waals surface area contributed by atoms with E-state index in [1.807, 2.05) is 38.2 Å². The molecule has 1 rings (SSSR count). The van der Waals surface area contributed by atoms with Crippen LogP contribution in [0.2, 0.25) is 0 Å². The molecule has 0 radical (unpaired) electrons. The lowest BCUT2D eigenvalue weighted by molar-refractivity contribution is 0.0791. The topological polar surface area (TPSA) is 20.3 Å². The Labute approximate surface area is 119 Å². The number of hydrogen-bond acceptors (Lipinski definition) is 2. The predicted octanol–water partition coefficient (Wildman–Crippen LogP) is 4.00. The van der Waals surface area contributed by atoms with Crippen LogP contribution in [0.25, 0.3) is 0 Å². The number of hydrogen-bond donors (Lipinski definition) is 0. The van der Waals surface area contributed by atoms with Crippen LogP contribution in [0.4, 0.5) is 0 Å². The summed E-state index contributed by atoms with van der Waals surface area (Å²) in [4.78, 5) is 14.5. The fourth-order valence-corrected chi connectivity index (χ4v) is 2.13. The monoisotopic (exact) mass is 311 g/mol. The molecule has 0 heterocycles. The number of carbonyl (C=O) groups is 1. The Morgan fingerprint density at radius 3 is 2.06 bits per heavy atom. The summed E-state index contributed by atoms with van der Waals surface area (Å²) in [6.07, 6.45) is 0. The van der Waals surface area contributed by atoms with Gasteiger partial charge in [0.05, 0.1) is 6.04 Å². The van der Waals surface area contributed by atoms with Crippen molar-refractivity contribution < 1.29 is 4.79 Å². The molecule has 2 nitrogen and oxygen atoms in total. The Kier molecular flexibility index (Phi) is 5.54. The lowest BCUT2D eigenvalue weighted by Crippen LogP contribution is -2.43. The van der Waals surface area contributed by atoms with Crippen LogP contribution in [-0.2, 0) is 0 Å². The molecule has 0 aliphatic rings. The first-order valence-electron chi connectivity index (χ1n) is 6.36. The molecule has 0 amide bonds. The molecule has 0 aliphatic carbocycles. The highest BCUT2D eigenvalue weighted by Crippen LogP contribution is 2.17. The normalized spacial score (nSPS) is 14.9. The minimum Gasteiger partial charge on any atom is -0.294 e. The SMILES string of the molecule is CC(C)C(C)N(C)C(C)C(=O)c1ccc(Br)cc1. The van der Waals surface area contributed by atoms with Crippen LogP contribution in [0.15, 0.2) is 28.7 Å². The second kappa shape index (κ2) is 6.48. The molecule has 0 aromatic heterocycles. The lowest BCUT2D eigenvalue weighted by Gasteiger charge is -2.32. The van der Waals surface area contributed by atoms with E-state index >= 15 is 0 Å². The zero-order chi connectivity index (χ0) is 13.9. The molecular formula is C15H22BrNO. The number of carbonyl (C=O) groups excluding carboxylic acids is 1. The molecule has 100 valence electrons. The van der Waals surface area contributed by atoms with Gasteiger partial charge in [0.15, 0.2) is 5.78 Å². The molecule has 1 aromatic carbocycles. The van der Waals surface area contributed by atoms with Crippen LogP contribution in [0.3, 0.4) is 0 Å². The van der Waals surface area contributed by atoms with E-state index in [2.05, 4.69) is 41.6 Å². The third kappa shape index (κ3) is 3.66. The van der Waals surface area contributed by atoms with E-state index in [0.29, 0.717) is 12.0 Å². The summed E-state index contributed by atoms with van der Waals surface area (Å²) < 4.78 is 0.996. The lowest BCUT2D eigenvalue weighted by atomic mass is 9.99. The van der Waals surface area contributed by atoms with Gasteiger partial charge in [0, 0.05) is 16.1 Å². The highest BCUT2D eigenvalue weighted by atomic mass is 79.9. The van der Waals surface area contributed by atoms with E-state index in [1.165, 1.54) is 0 Å². The van der Waals surface area contributed by atoms with E-state index in [9.17, 15) is 4.79 Å². The van der Waals surface area contributed by atoms with Gasteiger partial charge in [-0.15, -0.1) is 0 Å². The summed E-state index contributed by atoms with van der Waals surface area (Å²) in [5.74, 6) is 0.715. The molecule has 0 spiro atoms. The number of nitrogens with zero attached hydrogens (tertiary/aromatic N) is 1. The van der Waals surface area contributed by atoms with Crippen molar-refractivity contribution in [1.82, 2.24) is 4.90 Å². The highest BCUT2D eigenvalue weighted by Gasteiger charge is 2.24. The Hall–Kier alpha value is -0.670. The molecule has 0 N–H and O–H groups in total. The van der Waals surface area contributed by atoms with Crippen molar-refractivity contribution in [3.63, 3.8) is 0 Å². The molecule has 0 saturated heterocycles. The molecule has 0 aliphatic heterocycles. The minimum atomic E-state index is -0.0939. The second-order valence-corrected chi connectivity index (χ2v) is 6.11. The third-order valence-corrected chi connectivity index (χ3v) is 4.25. The molecule has 0 saturated carbocycles. The van der Waals surface area contributed by atoms with Crippen LogP contribution in [0.1, 0.15) is 38.1 Å². The molecule has 3 heteroatoms. The number of likely N-dealkylation sites (N-methyl/N-ethyl adjacent to an activating group) is 1. The molecule has 2 unspecified atom stereocenters. The Bertz CT molecular complexity index is 399.